The molecule has 0 heterocycles. The van der Waals surface area contributed by atoms with Crippen LogP contribution in [0.2, 0.25) is 0 Å². The number of amides is 2. The van der Waals surface area contributed by atoms with Crippen LogP contribution in [0.15, 0.2) is 18.2 Å². The second kappa shape index (κ2) is 7.82. The molecule has 0 aliphatic rings. The first kappa shape index (κ1) is 18.0. The SMILES string of the molecule is CCOc1ccc(CCNC(=O)C(C)(C)C)cc1NC(C)=O. The van der Waals surface area contributed by atoms with E-state index in [9.17, 15) is 9.59 Å². The lowest BCUT2D eigenvalue weighted by atomic mass is 9.95. The van der Waals surface area contributed by atoms with Crippen LogP contribution < -0.4 is 15.4 Å². The molecule has 0 aromatic heterocycles. The van der Waals surface area contributed by atoms with Gasteiger partial charge in [0, 0.05) is 18.9 Å². The molecular formula is C17H26N2O3. The van der Waals surface area contributed by atoms with Crippen LogP contribution in [0.5, 0.6) is 5.75 Å². The minimum Gasteiger partial charge on any atom is -0.492 e. The first-order valence-corrected chi connectivity index (χ1v) is 7.55. The normalized spacial score (nSPS) is 11.0. The van der Waals surface area contributed by atoms with E-state index < -0.39 is 0 Å². The van der Waals surface area contributed by atoms with Crippen LogP contribution in [0.25, 0.3) is 0 Å². The van der Waals surface area contributed by atoms with Crippen molar-refractivity contribution in [1.29, 1.82) is 0 Å². The second-order valence-electron chi connectivity index (χ2n) is 6.20. The molecule has 1 aromatic rings. The maximum atomic E-state index is 11.8. The van der Waals surface area contributed by atoms with E-state index in [0.717, 1.165) is 5.56 Å². The van der Waals surface area contributed by atoms with Crippen LogP contribution in [-0.4, -0.2) is 25.0 Å². The maximum absolute atomic E-state index is 11.8. The van der Waals surface area contributed by atoms with E-state index in [1.54, 1.807) is 0 Å². The molecule has 0 unspecified atom stereocenters. The van der Waals surface area contributed by atoms with Crippen molar-refractivity contribution in [3.63, 3.8) is 0 Å². The van der Waals surface area contributed by atoms with Crippen molar-refractivity contribution < 1.29 is 14.3 Å². The molecule has 0 aliphatic heterocycles. The predicted octanol–water partition coefficient (Wildman–Crippen LogP) is 2.75. The topological polar surface area (TPSA) is 67.4 Å². The molecule has 1 rings (SSSR count). The molecule has 0 aliphatic carbocycles. The summed E-state index contributed by atoms with van der Waals surface area (Å²) in [6, 6.07) is 5.67. The summed E-state index contributed by atoms with van der Waals surface area (Å²) < 4.78 is 5.50. The molecule has 122 valence electrons. The molecule has 0 saturated heterocycles. The molecule has 0 radical (unpaired) electrons. The fourth-order valence-corrected chi connectivity index (χ4v) is 1.89. The fourth-order valence-electron chi connectivity index (χ4n) is 1.89. The molecule has 2 N–H and O–H groups in total. The van der Waals surface area contributed by atoms with E-state index in [0.29, 0.717) is 31.0 Å². The average molecular weight is 306 g/mol. The molecular weight excluding hydrogens is 280 g/mol. The summed E-state index contributed by atoms with van der Waals surface area (Å²) in [7, 11) is 0. The van der Waals surface area contributed by atoms with Crippen LogP contribution >= 0.6 is 0 Å². The van der Waals surface area contributed by atoms with Crippen LogP contribution in [0.3, 0.4) is 0 Å². The number of ether oxygens (including phenoxy) is 1. The summed E-state index contributed by atoms with van der Waals surface area (Å²) in [5.74, 6) is 0.542. The van der Waals surface area contributed by atoms with Gasteiger partial charge in [-0.2, -0.15) is 0 Å². The number of nitrogens with one attached hydrogen (secondary N) is 2. The highest BCUT2D eigenvalue weighted by Gasteiger charge is 2.20. The Bertz CT molecular complexity index is 533. The lowest BCUT2D eigenvalue weighted by Crippen LogP contribution is -2.35. The summed E-state index contributed by atoms with van der Waals surface area (Å²) in [4.78, 5) is 23.1. The summed E-state index contributed by atoms with van der Waals surface area (Å²) in [5, 5.41) is 5.68. The number of hydrogen-bond acceptors (Lipinski definition) is 3. The average Bonchev–Trinajstić information content (AvgIpc) is 2.40. The van der Waals surface area contributed by atoms with Crippen LogP contribution in [0.4, 0.5) is 5.69 Å². The van der Waals surface area contributed by atoms with Crippen LogP contribution in [0, 0.1) is 5.41 Å². The highest BCUT2D eigenvalue weighted by Crippen LogP contribution is 2.26. The number of carbonyl (C=O) groups is 2. The monoisotopic (exact) mass is 306 g/mol. The number of rotatable bonds is 6. The fraction of sp³-hybridized carbons (Fsp3) is 0.529. The molecule has 22 heavy (non-hydrogen) atoms. The lowest BCUT2D eigenvalue weighted by Gasteiger charge is -2.18. The number of anilines is 1. The van der Waals surface area contributed by atoms with Crippen molar-refractivity contribution in [2.24, 2.45) is 5.41 Å². The van der Waals surface area contributed by atoms with Gasteiger partial charge in [0.05, 0.1) is 12.3 Å². The van der Waals surface area contributed by atoms with Gasteiger partial charge in [-0.25, -0.2) is 0 Å². The second-order valence-corrected chi connectivity index (χ2v) is 6.20. The highest BCUT2D eigenvalue weighted by molar-refractivity contribution is 5.90. The molecule has 5 nitrogen and oxygen atoms in total. The zero-order chi connectivity index (χ0) is 16.8. The molecule has 0 fully saturated rings. The molecule has 1 aromatic carbocycles. The van der Waals surface area contributed by atoms with Crippen molar-refractivity contribution in [1.82, 2.24) is 5.32 Å². The molecule has 0 bridgehead atoms. The van der Waals surface area contributed by atoms with Crippen molar-refractivity contribution in [2.75, 3.05) is 18.5 Å². The quantitative estimate of drug-likeness (QED) is 0.849. The Morgan fingerprint density at radius 1 is 1.23 bits per heavy atom. The zero-order valence-corrected chi connectivity index (χ0v) is 14.1. The van der Waals surface area contributed by atoms with E-state index in [4.69, 9.17) is 4.74 Å². The van der Waals surface area contributed by atoms with E-state index in [1.807, 2.05) is 45.9 Å². The molecule has 0 atom stereocenters. The highest BCUT2D eigenvalue weighted by atomic mass is 16.5. The Kier molecular flexibility index (Phi) is 6.40. The standard InChI is InChI=1S/C17H26N2O3/c1-6-22-15-8-7-13(11-14(15)19-12(2)20)9-10-18-16(21)17(3,4)5/h7-8,11H,6,9-10H2,1-5H3,(H,18,21)(H,19,20). The first-order chi connectivity index (χ1) is 10.2. The maximum Gasteiger partial charge on any atom is 0.225 e. The van der Waals surface area contributed by atoms with Crippen molar-refractivity contribution >= 4 is 17.5 Å². The van der Waals surface area contributed by atoms with Gasteiger partial charge in [-0.15, -0.1) is 0 Å². The van der Waals surface area contributed by atoms with Crippen molar-refractivity contribution in [3.05, 3.63) is 23.8 Å². The van der Waals surface area contributed by atoms with Gasteiger partial charge in [0.2, 0.25) is 11.8 Å². The van der Waals surface area contributed by atoms with E-state index in [1.165, 1.54) is 6.92 Å². The number of carbonyl (C=O) groups excluding carboxylic acids is 2. The van der Waals surface area contributed by atoms with Gasteiger partial charge in [-0.3, -0.25) is 9.59 Å². The minimum atomic E-state index is -0.389. The third-order valence-electron chi connectivity index (χ3n) is 3.03. The van der Waals surface area contributed by atoms with E-state index in [2.05, 4.69) is 10.6 Å². The number of hydrogen-bond donors (Lipinski definition) is 2. The Morgan fingerprint density at radius 3 is 2.45 bits per heavy atom. The Morgan fingerprint density at radius 2 is 1.91 bits per heavy atom. The largest absolute Gasteiger partial charge is 0.492 e. The van der Waals surface area contributed by atoms with E-state index >= 15 is 0 Å². The molecule has 2 amide bonds. The Labute approximate surface area is 132 Å². The van der Waals surface area contributed by atoms with Crippen molar-refractivity contribution in [2.45, 2.75) is 41.0 Å². The smallest absolute Gasteiger partial charge is 0.225 e. The van der Waals surface area contributed by atoms with Gasteiger partial charge >= 0.3 is 0 Å². The van der Waals surface area contributed by atoms with Gasteiger partial charge in [-0.05, 0) is 31.0 Å². The summed E-state index contributed by atoms with van der Waals surface area (Å²) in [6.07, 6.45) is 0.695. The zero-order valence-electron chi connectivity index (χ0n) is 14.1. The molecule has 5 heteroatoms. The Hall–Kier alpha value is -2.04. The third-order valence-corrected chi connectivity index (χ3v) is 3.03. The first-order valence-electron chi connectivity index (χ1n) is 7.55. The summed E-state index contributed by atoms with van der Waals surface area (Å²) >= 11 is 0. The summed E-state index contributed by atoms with van der Waals surface area (Å²) in [6.45, 7) is 10.1. The Balaban J connectivity index is 2.71. The van der Waals surface area contributed by atoms with Gasteiger partial charge < -0.3 is 15.4 Å². The van der Waals surface area contributed by atoms with Gasteiger partial charge in [0.25, 0.3) is 0 Å². The van der Waals surface area contributed by atoms with Gasteiger partial charge in [0.15, 0.2) is 0 Å². The predicted molar refractivity (Wildman–Crippen MR) is 88.1 cm³/mol. The molecule has 0 saturated carbocycles. The van der Waals surface area contributed by atoms with Gasteiger partial charge in [-0.1, -0.05) is 26.8 Å². The van der Waals surface area contributed by atoms with E-state index in [-0.39, 0.29) is 17.2 Å². The lowest BCUT2D eigenvalue weighted by molar-refractivity contribution is -0.128. The molecule has 0 spiro atoms. The summed E-state index contributed by atoms with van der Waals surface area (Å²) in [5.41, 5.74) is 1.30. The third kappa shape index (κ3) is 5.76. The van der Waals surface area contributed by atoms with Crippen LogP contribution in [0.1, 0.15) is 40.2 Å². The van der Waals surface area contributed by atoms with Crippen molar-refractivity contribution in [3.8, 4) is 5.75 Å². The van der Waals surface area contributed by atoms with Crippen LogP contribution in [-0.2, 0) is 16.0 Å². The minimum absolute atomic E-state index is 0.0283. The number of benzene rings is 1. The van der Waals surface area contributed by atoms with Gasteiger partial charge in [0.1, 0.15) is 5.75 Å².